The Morgan fingerprint density at radius 2 is 1.75 bits per heavy atom. The number of esters is 1. The monoisotopic (exact) mass is 393 g/mol. The van der Waals surface area contributed by atoms with Crippen LogP contribution in [0, 0.1) is 0 Å². The van der Waals surface area contributed by atoms with Crippen molar-refractivity contribution in [3.05, 3.63) is 59.7 Å². The first-order valence-corrected chi connectivity index (χ1v) is 8.63. The van der Waals surface area contributed by atoms with Gasteiger partial charge in [0.15, 0.2) is 6.10 Å². The van der Waals surface area contributed by atoms with Crippen molar-refractivity contribution in [1.29, 1.82) is 0 Å². The molecule has 8 heteroatoms. The predicted molar refractivity (Wildman–Crippen MR) is 95.1 cm³/mol. The number of para-hydroxylation sites is 1. The summed E-state index contributed by atoms with van der Waals surface area (Å²) in [6, 6.07) is 11.8. The number of halogens is 3. The molecular weight excluding hydrogens is 375 g/mol. The number of ether oxygens (including phenoxy) is 2. The van der Waals surface area contributed by atoms with Crippen LogP contribution in [0.5, 0.6) is 5.75 Å². The van der Waals surface area contributed by atoms with Gasteiger partial charge in [-0.15, -0.1) is 13.2 Å². The summed E-state index contributed by atoms with van der Waals surface area (Å²) in [5.41, 5.74) is 1.85. The number of fused-ring (bicyclic) bond motifs is 1. The van der Waals surface area contributed by atoms with Crippen LogP contribution in [0.15, 0.2) is 48.5 Å². The number of carbonyl (C=O) groups is 2. The van der Waals surface area contributed by atoms with Gasteiger partial charge < -0.3 is 14.4 Å². The average Bonchev–Trinajstić information content (AvgIpc) is 2.95. The molecule has 0 fully saturated rings. The summed E-state index contributed by atoms with van der Waals surface area (Å²) in [6.45, 7) is 3.38. The Hall–Kier alpha value is -3.03. The van der Waals surface area contributed by atoms with Gasteiger partial charge in [-0.25, -0.2) is 4.79 Å². The number of carbonyl (C=O) groups excluding carboxylic acids is 2. The molecular formula is C20H18F3NO4. The molecule has 1 aliphatic heterocycles. The molecule has 0 radical (unpaired) electrons. The van der Waals surface area contributed by atoms with Crippen molar-refractivity contribution >= 4 is 17.6 Å². The van der Waals surface area contributed by atoms with Gasteiger partial charge in [0.05, 0.1) is 5.56 Å². The van der Waals surface area contributed by atoms with Crippen LogP contribution in [0.1, 0.15) is 29.8 Å². The van der Waals surface area contributed by atoms with Gasteiger partial charge in [0, 0.05) is 11.7 Å². The molecule has 0 unspecified atom stereocenters. The second-order valence-electron chi connectivity index (χ2n) is 6.51. The first-order valence-electron chi connectivity index (χ1n) is 8.63. The summed E-state index contributed by atoms with van der Waals surface area (Å²) < 4.78 is 45.5. The van der Waals surface area contributed by atoms with E-state index in [1.165, 1.54) is 6.92 Å². The van der Waals surface area contributed by atoms with Gasteiger partial charge in [0.2, 0.25) is 0 Å². The van der Waals surface area contributed by atoms with Gasteiger partial charge in [-0.05, 0) is 56.2 Å². The third kappa shape index (κ3) is 4.27. The summed E-state index contributed by atoms with van der Waals surface area (Å²) >= 11 is 0. The Balaban J connectivity index is 1.66. The van der Waals surface area contributed by atoms with Gasteiger partial charge >= 0.3 is 12.3 Å². The maximum absolute atomic E-state index is 12.8. The normalized spacial score (nSPS) is 17.0. The molecule has 0 saturated heterocycles. The molecule has 1 amide bonds. The van der Waals surface area contributed by atoms with Crippen LogP contribution in [0.2, 0.25) is 0 Å². The molecule has 148 valence electrons. The molecule has 2 aromatic carbocycles. The Labute approximate surface area is 159 Å². The Kier molecular flexibility index (Phi) is 5.31. The first kappa shape index (κ1) is 19.7. The highest BCUT2D eigenvalue weighted by atomic mass is 19.4. The van der Waals surface area contributed by atoms with Gasteiger partial charge in [-0.2, -0.15) is 0 Å². The maximum atomic E-state index is 12.8. The van der Waals surface area contributed by atoms with E-state index in [1.54, 1.807) is 4.90 Å². The molecule has 2 atom stereocenters. The van der Waals surface area contributed by atoms with E-state index in [0.29, 0.717) is 6.42 Å². The van der Waals surface area contributed by atoms with Crippen molar-refractivity contribution in [3.8, 4) is 5.75 Å². The predicted octanol–water partition coefficient (Wildman–Crippen LogP) is 4.11. The lowest BCUT2D eigenvalue weighted by atomic mass is 10.1. The van der Waals surface area contributed by atoms with Crippen molar-refractivity contribution in [1.82, 2.24) is 0 Å². The van der Waals surface area contributed by atoms with Crippen LogP contribution in [0.25, 0.3) is 0 Å². The highest BCUT2D eigenvalue weighted by Gasteiger charge is 2.35. The summed E-state index contributed by atoms with van der Waals surface area (Å²) in [7, 11) is 0. The zero-order chi connectivity index (χ0) is 20.5. The number of alkyl halides is 3. The minimum absolute atomic E-state index is 0.0176. The van der Waals surface area contributed by atoms with Crippen molar-refractivity contribution < 1.29 is 32.2 Å². The average molecular weight is 393 g/mol. The van der Waals surface area contributed by atoms with Crippen LogP contribution in [0.3, 0.4) is 0 Å². The topological polar surface area (TPSA) is 55.8 Å². The molecule has 0 aliphatic carbocycles. The van der Waals surface area contributed by atoms with Crippen LogP contribution in [-0.4, -0.2) is 30.4 Å². The summed E-state index contributed by atoms with van der Waals surface area (Å²) in [5.74, 6) is -1.61. The molecule has 5 nitrogen and oxygen atoms in total. The van der Waals surface area contributed by atoms with Gasteiger partial charge in [-0.3, -0.25) is 4.79 Å². The third-order valence-corrected chi connectivity index (χ3v) is 4.40. The maximum Gasteiger partial charge on any atom is 0.573 e. The third-order valence-electron chi connectivity index (χ3n) is 4.40. The number of benzene rings is 2. The number of nitrogens with zero attached hydrogens (tertiary/aromatic N) is 1. The van der Waals surface area contributed by atoms with E-state index in [1.807, 2.05) is 31.2 Å². The Morgan fingerprint density at radius 3 is 2.39 bits per heavy atom. The van der Waals surface area contributed by atoms with Crippen molar-refractivity contribution in [3.63, 3.8) is 0 Å². The molecule has 0 bridgehead atoms. The summed E-state index contributed by atoms with van der Waals surface area (Å²) in [5, 5.41) is 0. The van der Waals surface area contributed by atoms with Crippen LogP contribution in [-0.2, 0) is 16.0 Å². The highest BCUT2D eigenvalue weighted by molar-refractivity contribution is 6.00. The summed E-state index contributed by atoms with van der Waals surface area (Å²) in [4.78, 5) is 26.6. The zero-order valence-corrected chi connectivity index (χ0v) is 15.2. The first-order chi connectivity index (χ1) is 13.2. The molecule has 1 heterocycles. The SMILES string of the molecule is C[C@@H](OC(=O)c1ccc(OC(F)(F)F)cc1)C(=O)N1c2ccccc2C[C@@H]1C. The quantitative estimate of drug-likeness (QED) is 0.734. The molecule has 0 aromatic heterocycles. The van der Waals surface area contributed by atoms with E-state index >= 15 is 0 Å². The van der Waals surface area contributed by atoms with Crippen LogP contribution in [0.4, 0.5) is 18.9 Å². The van der Waals surface area contributed by atoms with E-state index in [9.17, 15) is 22.8 Å². The lowest BCUT2D eigenvalue weighted by molar-refractivity contribution is -0.274. The number of rotatable bonds is 4. The van der Waals surface area contributed by atoms with E-state index in [2.05, 4.69) is 4.74 Å². The standard InChI is InChI=1S/C20H18F3NO4/c1-12-11-15-5-3-4-6-17(15)24(12)18(25)13(2)27-19(26)14-7-9-16(10-8-14)28-20(21,22)23/h3-10,12-13H,11H2,1-2H3/t12-,13+/m0/s1. The largest absolute Gasteiger partial charge is 0.573 e. The Morgan fingerprint density at radius 1 is 1.11 bits per heavy atom. The smallest absolute Gasteiger partial charge is 0.449 e. The van der Waals surface area contributed by atoms with E-state index < -0.39 is 24.2 Å². The fourth-order valence-electron chi connectivity index (χ4n) is 3.17. The molecule has 3 rings (SSSR count). The molecule has 0 N–H and O–H groups in total. The molecule has 1 aliphatic rings. The number of hydrogen-bond donors (Lipinski definition) is 0. The number of anilines is 1. The number of hydrogen-bond acceptors (Lipinski definition) is 4. The van der Waals surface area contributed by atoms with E-state index in [0.717, 1.165) is 35.5 Å². The second kappa shape index (κ2) is 7.53. The fraction of sp³-hybridized carbons (Fsp3) is 0.300. The van der Waals surface area contributed by atoms with Crippen molar-refractivity contribution in [2.45, 2.75) is 38.8 Å². The van der Waals surface area contributed by atoms with Gasteiger partial charge in [-0.1, -0.05) is 18.2 Å². The van der Waals surface area contributed by atoms with Crippen LogP contribution < -0.4 is 9.64 Å². The lowest BCUT2D eigenvalue weighted by Crippen LogP contribution is -2.43. The van der Waals surface area contributed by atoms with Crippen molar-refractivity contribution in [2.24, 2.45) is 0 Å². The van der Waals surface area contributed by atoms with Gasteiger partial charge in [0.1, 0.15) is 5.75 Å². The zero-order valence-electron chi connectivity index (χ0n) is 15.2. The van der Waals surface area contributed by atoms with Crippen LogP contribution >= 0.6 is 0 Å². The highest BCUT2D eigenvalue weighted by Crippen LogP contribution is 2.32. The van der Waals surface area contributed by atoms with E-state index in [4.69, 9.17) is 4.74 Å². The Bertz CT molecular complexity index is 880. The van der Waals surface area contributed by atoms with E-state index in [-0.39, 0.29) is 17.5 Å². The van der Waals surface area contributed by atoms with Crippen molar-refractivity contribution in [2.75, 3.05) is 4.90 Å². The lowest BCUT2D eigenvalue weighted by Gasteiger charge is -2.26. The minimum atomic E-state index is -4.81. The second-order valence-corrected chi connectivity index (χ2v) is 6.51. The fourth-order valence-corrected chi connectivity index (χ4v) is 3.17. The molecule has 0 saturated carbocycles. The molecule has 2 aromatic rings. The minimum Gasteiger partial charge on any atom is -0.449 e. The molecule has 28 heavy (non-hydrogen) atoms. The number of amides is 1. The van der Waals surface area contributed by atoms with Gasteiger partial charge in [0.25, 0.3) is 5.91 Å². The summed E-state index contributed by atoms with van der Waals surface area (Å²) in [6.07, 6.45) is -5.15. The molecule has 0 spiro atoms.